The molecule has 0 fully saturated rings. The number of ketones is 1. The second-order valence-electron chi connectivity index (χ2n) is 4.83. The van der Waals surface area contributed by atoms with Gasteiger partial charge >= 0.3 is 17.9 Å². The molecule has 0 heterocycles. The number of nitrogens with two attached hydrogens (primary N) is 1. The van der Waals surface area contributed by atoms with Gasteiger partial charge in [0, 0.05) is 6.07 Å². The van der Waals surface area contributed by atoms with Crippen LogP contribution in [0.3, 0.4) is 0 Å². The summed E-state index contributed by atoms with van der Waals surface area (Å²) in [5.74, 6) is -1.09. The van der Waals surface area contributed by atoms with Crippen molar-refractivity contribution in [2.24, 2.45) is 5.84 Å². The van der Waals surface area contributed by atoms with Crippen molar-refractivity contribution in [3.63, 3.8) is 0 Å². The molecule has 2 aromatic rings. The normalized spacial score (nSPS) is 10.8. The highest BCUT2D eigenvalue weighted by Crippen LogP contribution is 2.32. The lowest BCUT2D eigenvalue weighted by molar-refractivity contribution is -0.174. The number of hydrazine groups is 1. The van der Waals surface area contributed by atoms with Gasteiger partial charge in [-0.15, -0.1) is 0 Å². The number of rotatable bonds is 4. The summed E-state index contributed by atoms with van der Waals surface area (Å²) in [5.41, 5.74) is -1.16. The first-order valence-electron chi connectivity index (χ1n) is 6.82. The van der Waals surface area contributed by atoms with Crippen LogP contribution in [0.1, 0.15) is 5.56 Å². The van der Waals surface area contributed by atoms with E-state index in [2.05, 4.69) is 0 Å². The number of alkyl halides is 3. The molecule has 6 nitrogen and oxygen atoms in total. The van der Waals surface area contributed by atoms with Crippen molar-refractivity contribution in [2.75, 3.05) is 5.01 Å². The fraction of sp³-hybridized carbons (Fsp3) is 0.0625. The Morgan fingerprint density at radius 3 is 2.31 bits per heavy atom. The first kappa shape index (κ1) is 18.9. The molecule has 2 rings (SSSR count). The topological polar surface area (TPSA) is 96.4 Å². The highest BCUT2D eigenvalue weighted by molar-refractivity contribution is 6.42. The zero-order chi connectivity index (χ0) is 19.5. The van der Waals surface area contributed by atoms with Crippen LogP contribution in [-0.4, -0.2) is 17.9 Å². The molecule has 0 bridgehead atoms. The summed E-state index contributed by atoms with van der Waals surface area (Å²) >= 11 is 0. The zero-order valence-corrected chi connectivity index (χ0v) is 12.7. The van der Waals surface area contributed by atoms with Crippen LogP contribution >= 0.6 is 0 Å². The minimum absolute atomic E-state index is 0.239. The van der Waals surface area contributed by atoms with Crippen LogP contribution in [0.25, 0.3) is 0 Å². The molecule has 0 aromatic heterocycles. The molecule has 10 heteroatoms. The lowest BCUT2D eigenvalue weighted by Gasteiger charge is -2.18. The summed E-state index contributed by atoms with van der Waals surface area (Å²) < 4.78 is 56.5. The van der Waals surface area contributed by atoms with Crippen LogP contribution in [0.5, 0.6) is 11.5 Å². The van der Waals surface area contributed by atoms with Crippen molar-refractivity contribution in [3.05, 3.63) is 53.8 Å². The van der Waals surface area contributed by atoms with Crippen molar-refractivity contribution >= 4 is 17.4 Å². The zero-order valence-electron chi connectivity index (χ0n) is 12.7. The number of carbonyl (C=O) groups excluding carboxylic acids is 2. The average molecular weight is 367 g/mol. The van der Waals surface area contributed by atoms with Gasteiger partial charge in [-0.3, -0.25) is 9.59 Å². The van der Waals surface area contributed by atoms with E-state index in [-0.39, 0.29) is 22.1 Å². The third-order valence-corrected chi connectivity index (χ3v) is 3.07. The van der Waals surface area contributed by atoms with E-state index in [4.69, 9.17) is 15.8 Å². The van der Waals surface area contributed by atoms with E-state index in [1.807, 2.05) is 0 Å². The molecule has 0 atom stereocenters. The maximum Gasteiger partial charge on any atom is 0.460 e. The Hall–Kier alpha value is -3.45. The Morgan fingerprint density at radius 1 is 1.15 bits per heavy atom. The molecule has 0 saturated heterocycles. The number of amides is 1. The lowest BCUT2D eigenvalue weighted by Crippen LogP contribution is -2.47. The maximum atomic E-state index is 14.1. The molecule has 2 N–H and O–H groups in total. The third-order valence-electron chi connectivity index (χ3n) is 3.07. The second kappa shape index (κ2) is 7.20. The van der Waals surface area contributed by atoms with E-state index < -0.39 is 29.4 Å². The standard InChI is InChI=1S/C16H9F4N3O3/c17-11-6-9(8-21)13(26-10-4-2-1-3-5-10)7-12(11)23(22)15(25)14(24)16(18,19)20/h1-7H,22H2. The van der Waals surface area contributed by atoms with Gasteiger partial charge in [0.1, 0.15) is 29.1 Å². The Labute approximate surface area is 144 Å². The second-order valence-corrected chi connectivity index (χ2v) is 4.83. The number of benzene rings is 2. The van der Waals surface area contributed by atoms with Gasteiger partial charge in [-0.1, -0.05) is 18.2 Å². The number of carbonyl (C=O) groups is 2. The molecule has 26 heavy (non-hydrogen) atoms. The first-order valence-corrected chi connectivity index (χ1v) is 6.82. The molecular weight excluding hydrogens is 358 g/mol. The van der Waals surface area contributed by atoms with Crippen molar-refractivity contribution in [1.82, 2.24) is 0 Å². The Kier molecular flexibility index (Phi) is 5.23. The number of hydrogen-bond acceptors (Lipinski definition) is 5. The van der Waals surface area contributed by atoms with Crippen LogP contribution in [0.4, 0.5) is 23.2 Å². The summed E-state index contributed by atoms with van der Waals surface area (Å²) in [7, 11) is 0. The van der Waals surface area contributed by atoms with Crippen molar-refractivity contribution in [3.8, 4) is 17.6 Å². The van der Waals surface area contributed by atoms with Gasteiger partial charge in [0.15, 0.2) is 0 Å². The molecular formula is C16H9F4N3O3. The van der Waals surface area contributed by atoms with Gasteiger partial charge in [0.25, 0.3) is 0 Å². The molecule has 0 aliphatic rings. The predicted molar refractivity (Wildman–Crippen MR) is 80.4 cm³/mol. The molecule has 0 aliphatic carbocycles. The Bertz CT molecular complexity index is 892. The number of hydrogen-bond donors (Lipinski definition) is 1. The van der Waals surface area contributed by atoms with Crippen molar-refractivity contribution < 1.29 is 31.9 Å². The molecule has 0 spiro atoms. The molecule has 0 radical (unpaired) electrons. The van der Waals surface area contributed by atoms with Gasteiger partial charge in [-0.05, 0) is 18.2 Å². The fourth-order valence-corrected chi connectivity index (χ4v) is 1.85. The summed E-state index contributed by atoms with van der Waals surface area (Å²) in [6.07, 6.45) is -5.47. The van der Waals surface area contributed by atoms with E-state index in [9.17, 15) is 27.2 Å². The highest BCUT2D eigenvalue weighted by atomic mass is 19.4. The molecule has 1 amide bonds. The van der Waals surface area contributed by atoms with Crippen LogP contribution in [0, 0.1) is 17.1 Å². The van der Waals surface area contributed by atoms with Gasteiger partial charge < -0.3 is 4.74 Å². The van der Waals surface area contributed by atoms with Crippen molar-refractivity contribution in [2.45, 2.75) is 6.18 Å². The Morgan fingerprint density at radius 2 is 1.77 bits per heavy atom. The highest BCUT2D eigenvalue weighted by Gasteiger charge is 2.45. The maximum absolute atomic E-state index is 14.1. The minimum Gasteiger partial charge on any atom is -0.456 e. The van der Waals surface area contributed by atoms with Crippen LogP contribution in [0.15, 0.2) is 42.5 Å². The monoisotopic (exact) mass is 367 g/mol. The quantitative estimate of drug-likeness (QED) is 0.295. The van der Waals surface area contributed by atoms with E-state index in [0.717, 1.165) is 6.07 Å². The summed E-state index contributed by atoms with van der Waals surface area (Å²) in [6.45, 7) is 0. The number of Topliss-reactive ketones (excluding diaryl/α,β-unsaturated/α-hetero) is 1. The smallest absolute Gasteiger partial charge is 0.456 e. The summed E-state index contributed by atoms with van der Waals surface area (Å²) in [5, 5.41) is 8.76. The number of anilines is 1. The summed E-state index contributed by atoms with van der Waals surface area (Å²) in [4.78, 5) is 22.5. The molecule has 0 unspecified atom stereocenters. The van der Waals surface area contributed by atoms with Crippen LogP contribution in [0.2, 0.25) is 0 Å². The van der Waals surface area contributed by atoms with E-state index in [1.54, 1.807) is 24.3 Å². The minimum atomic E-state index is -5.47. The number of ether oxygens (including phenoxy) is 1. The molecule has 0 saturated carbocycles. The number of nitrogens with zero attached hydrogens (tertiary/aromatic N) is 2. The number of para-hydroxylation sites is 1. The Balaban J connectivity index is 2.43. The first-order chi connectivity index (χ1) is 12.1. The van der Waals surface area contributed by atoms with Gasteiger partial charge in [-0.25, -0.2) is 15.2 Å². The lowest BCUT2D eigenvalue weighted by atomic mass is 10.1. The fourth-order valence-electron chi connectivity index (χ4n) is 1.85. The largest absolute Gasteiger partial charge is 0.460 e. The van der Waals surface area contributed by atoms with Crippen LogP contribution in [-0.2, 0) is 9.59 Å². The van der Waals surface area contributed by atoms with E-state index in [1.165, 1.54) is 12.1 Å². The third kappa shape index (κ3) is 3.96. The number of halogens is 4. The summed E-state index contributed by atoms with van der Waals surface area (Å²) in [6, 6.07) is 10.9. The van der Waals surface area contributed by atoms with E-state index in [0.29, 0.717) is 6.07 Å². The SMILES string of the molecule is N#Cc1cc(F)c(N(N)C(=O)C(=O)C(F)(F)F)cc1Oc1ccccc1. The number of nitriles is 1. The molecule has 2 aromatic carbocycles. The van der Waals surface area contributed by atoms with Crippen molar-refractivity contribution in [1.29, 1.82) is 5.26 Å². The molecule has 0 aliphatic heterocycles. The van der Waals surface area contributed by atoms with Gasteiger partial charge in [0.2, 0.25) is 0 Å². The van der Waals surface area contributed by atoms with Gasteiger partial charge in [-0.2, -0.15) is 18.4 Å². The average Bonchev–Trinajstić information content (AvgIpc) is 2.61. The van der Waals surface area contributed by atoms with Crippen LogP contribution < -0.4 is 15.6 Å². The predicted octanol–water partition coefficient (Wildman–Crippen LogP) is 2.83. The molecule has 134 valence electrons. The van der Waals surface area contributed by atoms with Gasteiger partial charge in [0.05, 0.1) is 5.56 Å². The van der Waals surface area contributed by atoms with E-state index >= 15 is 0 Å².